The standard InChI is InChI=1S/C17H13N5S2/c1-10-2-7-13-14(8-10)24-16(20-13)11-3-5-12(6-4-11)19-15-9-18-22-17(23)21-15/h2-9H,1H3,(H2,19,21,22,23). The fraction of sp³-hybridized carbons (Fsp3) is 0.0588. The molecular weight excluding hydrogens is 338 g/mol. The van der Waals surface area contributed by atoms with E-state index in [1.165, 1.54) is 10.3 Å². The molecule has 2 N–H and O–H groups in total. The molecule has 0 saturated heterocycles. The maximum Gasteiger partial charge on any atom is 0.215 e. The largest absolute Gasteiger partial charge is 0.339 e. The van der Waals surface area contributed by atoms with Crippen LogP contribution in [0, 0.1) is 11.7 Å². The zero-order valence-electron chi connectivity index (χ0n) is 12.8. The van der Waals surface area contributed by atoms with Gasteiger partial charge in [0.15, 0.2) is 5.82 Å². The molecule has 0 amide bonds. The third-order valence-electron chi connectivity index (χ3n) is 3.52. The Balaban J connectivity index is 1.61. The van der Waals surface area contributed by atoms with Crippen molar-refractivity contribution in [2.75, 3.05) is 5.32 Å². The lowest BCUT2D eigenvalue weighted by Crippen LogP contribution is -1.96. The molecule has 2 heterocycles. The van der Waals surface area contributed by atoms with Gasteiger partial charge in [-0.1, -0.05) is 6.07 Å². The van der Waals surface area contributed by atoms with Crippen molar-refractivity contribution in [1.29, 1.82) is 0 Å². The van der Waals surface area contributed by atoms with E-state index < -0.39 is 0 Å². The number of benzene rings is 2. The van der Waals surface area contributed by atoms with Gasteiger partial charge in [0.1, 0.15) is 5.01 Å². The Bertz CT molecular complexity index is 1070. The van der Waals surface area contributed by atoms with Crippen LogP contribution in [0.5, 0.6) is 0 Å². The van der Waals surface area contributed by atoms with Gasteiger partial charge < -0.3 is 5.32 Å². The van der Waals surface area contributed by atoms with E-state index in [0.29, 0.717) is 10.6 Å². The van der Waals surface area contributed by atoms with Gasteiger partial charge in [0.25, 0.3) is 0 Å². The Morgan fingerprint density at radius 3 is 2.71 bits per heavy atom. The summed E-state index contributed by atoms with van der Waals surface area (Å²) in [6, 6.07) is 14.4. The van der Waals surface area contributed by atoms with Crippen molar-refractivity contribution < 1.29 is 0 Å². The number of hydrogen-bond acceptors (Lipinski definition) is 6. The number of thiazole rings is 1. The molecule has 2 aromatic carbocycles. The van der Waals surface area contributed by atoms with Crippen molar-refractivity contribution in [3.05, 3.63) is 59.0 Å². The number of aryl methyl sites for hydroxylation is 1. The number of aromatic nitrogens is 4. The van der Waals surface area contributed by atoms with Crippen LogP contribution in [0.1, 0.15) is 5.56 Å². The molecular formula is C17H13N5S2. The summed E-state index contributed by atoms with van der Waals surface area (Å²) in [5.74, 6) is 0.613. The maximum absolute atomic E-state index is 4.97. The minimum Gasteiger partial charge on any atom is -0.339 e. The van der Waals surface area contributed by atoms with Gasteiger partial charge in [-0.25, -0.2) is 4.98 Å². The zero-order valence-corrected chi connectivity index (χ0v) is 14.4. The summed E-state index contributed by atoms with van der Waals surface area (Å²) in [5.41, 5.74) is 4.30. The van der Waals surface area contributed by atoms with E-state index in [0.717, 1.165) is 21.8 Å². The molecule has 0 spiro atoms. The topological polar surface area (TPSA) is 66.5 Å². The van der Waals surface area contributed by atoms with E-state index in [1.807, 2.05) is 24.3 Å². The SMILES string of the molecule is Cc1ccc2nc(-c3ccc(Nc4cn[nH]c(=S)n4)cc3)sc2c1. The molecule has 0 aliphatic heterocycles. The van der Waals surface area contributed by atoms with Gasteiger partial charge >= 0.3 is 0 Å². The maximum atomic E-state index is 4.97. The Morgan fingerprint density at radius 1 is 1.08 bits per heavy atom. The highest BCUT2D eigenvalue weighted by molar-refractivity contribution is 7.71. The van der Waals surface area contributed by atoms with E-state index in [4.69, 9.17) is 17.2 Å². The van der Waals surface area contributed by atoms with Gasteiger partial charge in [-0.2, -0.15) is 10.1 Å². The molecule has 0 aliphatic rings. The molecule has 0 aliphatic carbocycles. The summed E-state index contributed by atoms with van der Waals surface area (Å²) in [6.45, 7) is 2.10. The molecule has 0 atom stereocenters. The van der Waals surface area contributed by atoms with E-state index in [2.05, 4.69) is 45.6 Å². The Kier molecular flexibility index (Phi) is 3.79. The van der Waals surface area contributed by atoms with Gasteiger partial charge in [-0.05, 0) is 61.1 Å². The quantitative estimate of drug-likeness (QED) is 0.516. The number of nitrogens with one attached hydrogen (secondary N) is 2. The minimum absolute atomic E-state index is 0.349. The van der Waals surface area contributed by atoms with Crippen LogP contribution in [0.25, 0.3) is 20.8 Å². The Labute approximate surface area is 147 Å². The van der Waals surface area contributed by atoms with Crippen LogP contribution in [0.15, 0.2) is 48.7 Å². The number of rotatable bonds is 3. The van der Waals surface area contributed by atoms with Crippen molar-refractivity contribution in [3.8, 4) is 10.6 Å². The number of aromatic amines is 1. The summed E-state index contributed by atoms with van der Waals surface area (Å²) >= 11 is 6.67. The fourth-order valence-corrected chi connectivity index (χ4v) is 3.59. The second-order valence-corrected chi connectivity index (χ2v) is 6.78. The van der Waals surface area contributed by atoms with Gasteiger partial charge in [-0.15, -0.1) is 11.3 Å². The predicted octanol–water partition coefficient (Wildman–Crippen LogP) is 4.86. The smallest absolute Gasteiger partial charge is 0.215 e. The summed E-state index contributed by atoms with van der Waals surface area (Å²) in [5, 5.41) is 10.7. The van der Waals surface area contributed by atoms with Crippen molar-refractivity contribution in [1.82, 2.24) is 20.2 Å². The predicted molar refractivity (Wildman–Crippen MR) is 100 cm³/mol. The first-order chi connectivity index (χ1) is 11.7. The first-order valence-corrected chi connectivity index (χ1v) is 8.56. The lowest BCUT2D eigenvalue weighted by atomic mass is 10.2. The molecule has 0 saturated carbocycles. The average Bonchev–Trinajstić information content (AvgIpc) is 2.98. The molecule has 7 heteroatoms. The van der Waals surface area contributed by atoms with Crippen molar-refractivity contribution in [2.24, 2.45) is 0 Å². The van der Waals surface area contributed by atoms with E-state index in [9.17, 15) is 0 Å². The molecule has 4 rings (SSSR count). The molecule has 118 valence electrons. The van der Waals surface area contributed by atoms with Crippen LogP contribution in [0.3, 0.4) is 0 Å². The van der Waals surface area contributed by atoms with Crippen molar-refractivity contribution >= 4 is 45.3 Å². The lowest BCUT2D eigenvalue weighted by Gasteiger charge is -2.05. The van der Waals surface area contributed by atoms with Crippen LogP contribution in [-0.2, 0) is 0 Å². The van der Waals surface area contributed by atoms with E-state index in [1.54, 1.807) is 17.5 Å². The number of nitrogens with zero attached hydrogens (tertiary/aromatic N) is 3. The van der Waals surface area contributed by atoms with Gasteiger partial charge in [0.2, 0.25) is 4.77 Å². The van der Waals surface area contributed by atoms with Gasteiger partial charge in [0.05, 0.1) is 16.4 Å². The molecule has 24 heavy (non-hydrogen) atoms. The van der Waals surface area contributed by atoms with Gasteiger partial charge in [-0.3, -0.25) is 5.10 Å². The molecule has 0 unspecified atom stereocenters. The lowest BCUT2D eigenvalue weighted by molar-refractivity contribution is 0.953. The summed E-state index contributed by atoms with van der Waals surface area (Å²) < 4.78 is 1.56. The average molecular weight is 351 g/mol. The van der Waals surface area contributed by atoms with Crippen LogP contribution >= 0.6 is 23.6 Å². The highest BCUT2D eigenvalue weighted by atomic mass is 32.1. The number of fused-ring (bicyclic) bond motifs is 1. The summed E-state index contributed by atoms with van der Waals surface area (Å²) in [4.78, 5) is 8.87. The van der Waals surface area contributed by atoms with Crippen molar-refractivity contribution in [2.45, 2.75) is 6.92 Å². The normalized spacial score (nSPS) is 10.9. The molecule has 4 aromatic rings. The molecule has 0 bridgehead atoms. The molecule has 2 aromatic heterocycles. The molecule has 5 nitrogen and oxygen atoms in total. The minimum atomic E-state index is 0.349. The fourth-order valence-electron chi connectivity index (χ4n) is 2.37. The molecule has 0 fully saturated rings. The number of hydrogen-bond donors (Lipinski definition) is 2. The highest BCUT2D eigenvalue weighted by Gasteiger charge is 2.06. The monoisotopic (exact) mass is 351 g/mol. The first-order valence-electron chi connectivity index (χ1n) is 7.34. The third-order valence-corrected chi connectivity index (χ3v) is 4.77. The van der Waals surface area contributed by atoms with Gasteiger partial charge in [0, 0.05) is 11.3 Å². The second kappa shape index (κ2) is 6.10. The van der Waals surface area contributed by atoms with Crippen molar-refractivity contribution in [3.63, 3.8) is 0 Å². The third kappa shape index (κ3) is 3.04. The zero-order chi connectivity index (χ0) is 16.5. The summed E-state index contributed by atoms with van der Waals surface area (Å²) in [7, 11) is 0. The number of anilines is 2. The Hall–Kier alpha value is -2.64. The highest BCUT2D eigenvalue weighted by Crippen LogP contribution is 2.31. The second-order valence-electron chi connectivity index (χ2n) is 5.36. The Morgan fingerprint density at radius 2 is 1.92 bits per heavy atom. The van der Waals surface area contributed by atoms with Crippen LogP contribution < -0.4 is 5.32 Å². The van der Waals surface area contributed by atoms with E-state index in [-0.39, 0.29) is 0 Å². The number of H-pyrrole nitrogens is 1. The van der Waals surface area contributed by atoms with Crippen LogP contribution in [0.4, 0.5) is 11.5 Å². The van der Waals surface area contributed by atoms with Crippen LogP contribution in [0.2, 0.25) is 0 Å². The summed E-state index contributed by atoms with van der Waals surface area (Å²) in [6.07, 6.45) is 1.60. The van der Waals surface area contributed by atoms with Crippen LogP contribution in [-0.4, -0.2) is 20.2 Å². The first kappa shape index (κ1) is 14.9. The van der Waals surface area contributed by atoms with E-state index >= 15 is 0 Å². The molecule has 0 radical (unpaired) electrons.